The van der Waals surface area contributed by atoms with Gasteiger partial charge in [0.1, 0.15) is 4.88 Å². The van der Waals surface area contributed by atoms with E-state index in [-0.39, 0.29) is 17.7 Å². The number of likely N-dealkylation sites (tertiary alicyclic amines) is 2. The lowest BCUT2D eigenvalue weighted by Gasteiger charge is -2.24. The van der Waals surface area contributed by atoms with Gasteiger partial charge in [-0.2, -0.15) is 0 Å². The quantitative estimate of drug-likeness (QED) is 0.835. The van der Waals surface area contributed by atoms with E-state index in [1.165, 1.54) is 24.2 Å². The van der Waals surface area contributed by atoms with Crippen LogP contribution in [0.25, 0.3) is 0 Å². The first-order valence-corrected chi connectivity index (χ1v) is 9.40. The number of hydrogen-bond acceptors (Lipinski definition) is 4. The Morgan fingerprint density at radius 1 is 1.04 bits per heavy atom. The van der Waals surface area contributed by atoms with Crippen LogP contribution in [-0.4, -0.2) is 52.8 Å². The van der Waals surface area contributed by atoms with Crippen molar-refractivity contribution in [3.05, 3.63) is 15.6 Å². The second kappa shape index (κ2) is 6.99. The molecular formula is C17H25N3O2S. The lowest BCUT2D eigenvalue weighted by atomic mass is 10.1. The Morgan fingerprint density at radius 2 is 1.74 bits per heavy atom. The van der Waals surface area contributed by atoms with Crippen molar-refractivity contribution in [2.24, 2.45) is 5.92 Å². The van der Waals surface area contributed by atoms with Crippen molar-refractivity contribution in [2.75, 3.05) is 26.2 Å². The fourth-order valence-corrected chi connectivity index (χ4v) is 4.46. The molecule has 2 fully saturated rings. The summed E-state index contributed by atoms with van der Waals surface area (Å²) in [6.45, 7) is 6.81. The van der Waals surface area contributed by atoms with Crippen LogP contribution in [0, 0.1) is 19.8 Å². The van der Waals surface area contributed by atoms with Crippen LogP contribution >= 0.6 is 11.3 Å². The Kier molecular flexibility index (Phi) is 4.99. The lowest BCUT2D eigenvalue weighted by Crippen LogP contribution is -2.38. The third kappa shape index (κ3) is 3.57. The molecule has 3 rings (SSSR count). The molecule has 1 unspecified atom stereocenters. The zero-order chi connectivity index (χ0) is 16.4. The predicted molar refractivity (Wildman–Crippen MR) is 90.6 cm³/mol. The number of hydrogen-bond donors (Lipinski definition) is 0. The van der Waals surface area contributed by atoms with Gasteiger partial charge in [0.15, 0.2) is 0 Å². The number of aryl methyl sites for hydroxylation is 2. The Balaban J connectivity index is 1.62. The van der Waals surface area contributed by atoms with E-state index in [2.05, 4.69) is 4.98 Å². The highest BCUT2D eigenvalue weighted by atomic mass is 32.1. The standard InChI is InChI=1S/C17H25N3O2S/c1-12-15(23-13(2)18-12)17(22)20-10-7-14(11-20)16(21)19-8-5-3-4-6-9-19/h14H,3-11H2,1-2H3. The van der Waals surface area contributed by atoms with Gasteiger partial charge in [-0.25, -0.2) is 4.98 Å². The molecule has 2 aliphatic rings. The zero-order valence-electron chi connectivity index (χ0n) is 14.0. The van der Waals surface area contributed by atoms with Crippen LogP contribution < -0.4 is 0 Å². The molecule has 0 saturated carbocycles. The van der Waals surface area contributed by atoms with Gasteiger partial charge >= 0.3 is 0 Å². The highest BCUT2D eigenvalue weighted by Crippen LogP contribution is 2.25. The van der Waals surface area contributed by atoms with Crippen molar-refractivity contribution in [1.82, 2.24) is 14.8 Å². The minimum Gasteiger partial charge on any atom is -0.342 e. The third-order valence-corrected chi connectivity index (χ3v) is 5.90. The second-order valence-corrected chi connectivity index (χ2v) is 7.83. The van der Waals surface area contributed by atoms with Gasteiger partial charge in [0, 0.05) is 26.2 Å². The summed E-state index contributed by atoms with van der Waals surface area (Å²) in [5.41, 5.74) is 0.805. The maximum atomic E-state index is 12.7. The molecule has 6 heteroatoms. The maximum absolute atomic E-state index is 12.7. The summed E-state index contributed by atoms with van der Waals surface area (Å²) in [7, 11) is 0. The van der Waals surface area contributed by atoms with E-state index in [1.807, 2.05) is 23.6 Å². The number of rotatable bonds is 2. The lowest BCUT2D eigenvalue weighted by molar-refractivity contribution is -0.135. The van der Waals surface area contributed by atoms with E-state index < -0.39 is 0 Å². The van der Waals surface area contributed by atoms with Crippen molar-refractivity contribution < 1.29 is 9.59 Å². The SMILES string of the molecule is Cc1nc(C)c(C(=O)N2CCC(C(=O)N3CCCCCC3)C2)s1. The number of aromatic nitrogens is 1. The largest absolute Gasteiger partial charge is 0.342 e. The van der Waals surface area contributed by atoms with Crippen molar-refractivity contribution in [1.29, 1.82) is 0 Å². The van der Waals surface area contributed by atoms with Gasteiger partial charge in [-0.15, -0.1) is 11.3 Å². The molecular weight excluding hydrogens is 310 g/mol. The molecule has 0 bridgehead atoms. The van der Waals surface area contributed by atoms with Crippen LogP contribution in [0.5, 0.6) is 0 Å². The van der Waals surface area contributed by atoms with E-state index in [0.29, 0.717) is 13.1 Å². The van der Waals surface area contributed by atoms with Gasteiger partial charge < -0.3 is 9.80 Å². The van der Waals surface area contributed by atoms with Crippen molar-refractivity contribution in [3.63, 3.8) is 0 Å². The molecule has 0 aromatic carbocycles. The molecule has 126 valence electrons. The van der Waals surface area contributed by atoms with Crippen molar-refractivity contribution in [3.8, 4) is 0 Å². The fraction of sp³-hybridized carbons (Fsp3) is 0.706. The van der Waals surface area contributed by atoms with Gasteiger partial charge in [0.25, 0.3) is 5.91 Å². The molecule has 23 heavy (non-hydrogen) atoms. The van der Waals surface area contributed by atoms with Crippen molar-refractivity contribution >= 4 is 23.2 Å². The van der Waals surface area contributed by atoms with Gasteiger partial charge in [-0.3, -0.25) is 9.59 Å². The minimum atomic E-state index is -0.0219. The van der Waals surface area contributed by atoms with Crippen LogP contribution in [0.4, 0.5) is 0 Å². The van der Waals surface area contributed by atoms with E-state index in [4.69, 9.17) is 0 Å². The first-order valence-electron chi connectivity index (χ1n) is 8.58. The molecule has 1 atom stereocenters. The topological polar surface area (TPSA) is 53.5 Å². The minimum absolute atomic E-state index is 0.0219. The van der Waals surface area contributed by atoms with Gasteiger partial charge in [0.05, 0.1) is 16.6 Å². The smallest absolute Gasteiger partial charge is 0.265 e. The number of carbonyl (C=O) groups excluding carboxylic acids is 2. The molecule has 1 aromatic rings. The van der Waals surface area contributed by atoms with Crippen LogP contribution in [0.3, 0.4) is 0 Å². The highest BCUT2D eigenvalue weighted by molar-refractivity contribution is 7.13. The van der Waals surface area contributed by atoms with Crippen LogP contribution in [0.2, 0.25) is 0 Å². The first kappa shape index (κ1) is 16.4. The molecule has 3 heterocycles. The molecule has 5 nitrogen and oxygen atoms in total. The zero-order valence-corrected chi connectivity index (χ0v) is 14.8. The summed E-state index contributed by atoms with van der Waals surface area (Å²) in [5.74, 6) is 0.269. The summed E-state index contributed by atoms with van der Waals surface area (Å²) in [5, 5.41) is 0.919. The molecule has 2 saturated heterocycles. The highest BCUT2D eigenvalue weighted by Gasteiger charge is 2.34. The average Bonchev–Trinajstić information content (AvgIpc) is 3.04. The third-order valence-electron chi connectivity index (χ3n) is 4.84. The number of amides is 2. The van der Waals surface area contributed by atoms with E-state index in [1.54, 1.807) is 0 Å². The Labute approximate surface area is 141 Å². The van der Waals surface area contributed by atoms with Crippen LogP contribution in [-0.2, 0) is 4.79 Å². The monoisotopic (exact) mass is 335 g/mol. The van der Waals surface area contributed by atoms with Crippen LogP contribution in [0.1, 0.15) is 52.5 Å². The van der Waals surface area contributed by atoms with E-state index >= 15 is 0 Å². The Morgan fingerprint density at radius 3 is 2.35 bits per heavy atom. The predicted octanol–water partition coefficient (Wildman–Crippen LogP) is 2.62. The van der Waals surface area contributed by atoms with E-state index in [0.717, 1.165) is 47.9 Å². The maximum Gasteiger partial charge on any atom is 0.265 e. The van der Waals surface area contributed by atoms with E-state index in [9.17, 15) is 9.59 Å². The van der Waals surface area contributed by atoms with Gasteiger partial charge in [-0.05, 0) is 33.1 Å². The van der Waals surface area contributed by atoms with Gasteiger partial charge in [0.2, 0.25) is 5.91 Å². The molecule has 1 aromatic heterocycles. The first-order chi connectivity index (χ1) is 11.1. The summed E-state index contributed by atoms with van der Waals surface area (Å²) < 4.78 is 0. The number of carbonyl (C=O) groups is 2. The molecule has 2 aliphatic heterocycles. The summed E-state index contributed by atoms with van der Waals surface area (Å²) in [6, 6.07) is 0. The summed E-state index contributed by atoms with van der Waals surface area (Å²) >= 11 is 1.45. The van der Waals surface area contributed by atoms with Crippen molar-refractivity contribution in [2.45, 2.75) is 46.0 Å². The fourth-order valence-electron chi connectivity index (χ4n) is 3.57. The number of thiazole rings is 1. The summed E-state index contributed by atoms with van der Waals surface area (Å²) in [6.07, 6.45) is 5.46. The molecule has 0 aliphatic carbocycles. The Bertz CT molecular complexity index is 591. The second-order valence-electron chi connectivity index (χ2n) is 6.62. The van der Waals surface area contributed by atoms with Gasteiger partial charge in [-0.1, -0.05) is 12.8 Å². The molecule has 2 amide bonds. The molecule has 0 radical (unpaired) electrons. The average molecular weight is 335 g/mol. The van der Waals surface area contributed by atoms with Crippen LogP contribution in [0.15, 0.2) is 0 Å². The normalized spacial score (nSPS) is 22.3. The molecule has 0 spiro atoms. The Hall–Kier alpha value is -1.43. The number of nitrogens with zero attached hydrogens (tertiary/aromatic N) is 3. The summed E-state index contributed by atoms with van der Waals surface area (Å²) in [4.78, 5) is 34.3. The molecule has 0 N–H and O–H groups in total.